The summed E-state index contributed by atoms with van der Waals surface area (Å²) in [5, 5.41) is 7.07. The van der Waals surface area contributed by atoms with Crippen LogP contribution in [0.25, 0.3) is 0 Å². The lowest BCUT2D eigenvalue weighted by molar-refractivity contribution is 0.116. The Kier molecular flexibility index (Phi) is 2.68. The molecule has 0 bridgehead atoms. The zero-order chi connectivity index (χ0) is 11.8. The van der Waals surface area contributed by atoms with E-state index in [0.717, 1.165) is 36.2 Å². The summed E-state index contributed by atoms with van der Waals surface area (Å²) in [7, 11) is 0. The Morgan fingerprint density at radius 1 is 1.41 bits per heavy atom. The molecule has 3 rings (SSSR count). The van der Waals surface area contributed by atoms with E-state index >= 15 is 0 Å². The maximum absolute atomic E-state index is 5.17. The first-order valence-electron chi connectivity index (χ1n) is 5.64. The SMILES string of the molecule is Cc1noc(C2CN(Cc3csc(C)n3)C2)n1. The maximum atomic E-state index is 5.17. The molecule has 0 unspecified atom stereocenters. The Bertz CT molecular complexity index is 515. The van der Waals surface area contributed by atoms with Crippen molar-refractivity contribution in [3.8, 4) is 0 Å². The largest absolute Gasteiger partial charge is 0.339 e. The van der Waals surface area contributed by atoms with Crippen molar-refractivity contribution in [1.82, 2.24) is 20.0 Å². The molecule has 0 spiro atoms. The molecule has 0 atom stereocenters. The number of aromatic nitrogens is 3. The minimum atomic E-state index is 0.399. The van der Waals surface area contributed by atoms with Crippen LogP contribution in [0, 0.1) is 13.8 Å². The molecule has 6 heteroatoms. The van der Waals surface area contributed by atoms with Gasteiger partial charge in [0.2, 0.25) is 5.89 Å². The Hall–Kier alpha value is -1.27. The van der Waals surface area contributed by atoms with Crippen molar-refractivity contribution in [3.05, 3.63) is 27.8 Å². The normalized spacial score (nSPS) is 17.3. The molecule has 0 radical (unpaired) electrons. The van der Waals surface area contributed by atoms with Gasteiger partial charge >= 0.3 is 0 Å². The Morgan fingerprint density at radius 2 is 2.24 bits per heavy atom. The number of hydrogen-bond donors (Lipinski definition) is 0. The third kappa shape index (κ3) is 2.23. The molecule has 0 saturated carbocycles. The van der Waals surface area contributed by atoms with Gasteiger partial charge in [0.15, 0.2) is 5.82 Å². The van der Waals surface area contributed by atoms with Crippen LogP contribution in [-0.4, -0.2) is 33.1 Å². The van der Waals surface area contributed by atoms with Crippen molar-refractivity contribution in [2.75, 3.05) is 13.1 Å². The predicted octanol–water partition coefficient (Wildman–Crippen LogP) is 1.74. The molecule has 0 amide bonds. The van der Waals surface area contributed by atoms with Gasteiger partial charge in [-0.15, -0.1) is 11.3 Å². The Labute approximate surface area is 103 Å². The summed E-state index contributed by atoms with van der Waals surface area (Å²) in [4.78, 5) is 11.1. The molecule has 0 aliphatic carbocycles. The van der Waals surface area contributed by atoms with E-state index in [1.54, 1.807) is 11.3 Å². The molecular formula is C11H14N4OS. The topological polar surface area (TPSA) is 55.1 Å². The highest BCUT2D eigenvalue weighted by atomic mass is 32.1. The first-order chi connectivity index (χ1) is 8.20. The molecule has 1 saturated heterocycles. The minimum Gasteiger partial charge on any atom is -0.339 e. The number of hydrogen-bond acceptors (Lipinski definition) is 6. The third-order valence-electron chi connectivity index (χ3n) is 2.90. The summed E-state index contributed by atoms with van der Waals surface area (Å²) in [6, 6.07) is 0. The van der Waals surface area contributed by atoms with Crippen molar-refractivity contribution < 1.29 is 4.52 Å². The van der Waals surface area contributed by atoms with E-state index in [0.29, 0.717) is 11.7 Å². The average Bonchev–Trinajstić information content (AvgIpc) is 2.81. The van der Waals surface area contributed by atoms with Gasteiger partial charge in [-0.25, -0.2) is 4.98 Å². The second-order valence-electron chi connectivity index (χ2n) is 4.43. The summed E-state index contributed by atoms with van der Waals surface area (Å²) in [5.41, 5.74) is 1.16. The van der Waals surface area contributed by atoms with E-state index in [4.69, 9.17) is 4.52 Å². The second-order valence-corrected chi connectivity index (χ2v) is 5.49. The molecule has 2 aromatic heterocycles. The summed E-state index contributed by atoms with van der Waals surface area (Å²) >= 11 is 1.70. The molecule has 17 heavy (non-hydrogen) atoms. The Balaban J connectivity index is 1.55. The van der Waals surface area contributed by atoms with Crippen LogP contribution in [0.1, 0.15) is 28.3 Å². The van der Waals surface area contributed by atoms with Gasteiger partial charge in [0, 0.05) is 25.0 Å². The molecule has 0 aromatic carbocycles. The van der Waals surface area contributed by atoms with Crippen molar-refractivity contribution in [2.24, 2.45) is 0 Å². The predicted molar refractivity (Wildman–Crippen MR) is 63.9 cm³/mol. The number of nitrogens with zero attached hydrogens (tertiary/aromatic N) is 4. The summed E-state index contributed by atoms with van der Waals surface area (Å²) < 4.78 is 5.17. The van der Waals surface area contributed by atoms with Crippen LogP contribution in [0.4, 0.5) is 0 Å². The van der Waals surface area contributed by atoms with E-state index in [1.165, 1.54) is 0 Å². The molecule has 1 aliphatic rings. The zero-order valence-electron chi connectivity index (χ0n) is 9.88. The Morgan fingerprint density at radius 3 is 2.82 bits per heavy atom. The van der Waals surface area contributed by atoms with Crippen molar-refractivity contribution >= 4 is 11.3 Å². The summed E-state index contributed by atoms with van der Waals surface area (Å²) in [6.45, 7) is 6.78. The van der Waals surface area contributed by atoms with E-state index in [-0.39, 0.29) is 0 Å². The minimum absolute atomic E-state index is 0.399. The fourth-order valence-corrected chi connectivity index (χ4v) is 2.65. The van der Waals surface area contributed by atoms with Gasteiger partial charge in [-0.2, -0.15) is 4.98 Å². The van der Waals surface area contributed by atoms with Gasteiger partial charge in [0.25, 0.3) is 0 Å². The number of aryl methyl sites for hydroxylation is 2. The molecule has 1 fully saturated rings. The first kappa shape index (κ1) is 10.9. The van der Waals surface area contributed by atoms with Crippen molar-refractivity contribution in [2.45, 2.75) is 26.3 Å². The van der Waals surface area contributed by atoms with Crippen molar-refractivity contribution in [1.29, 1.82) is 0 Å². The number of likely N-dealkylation sites (tertiary alicyclic amines) is 1. The lowest BCUT2D eigenvalue weighted by Gasteiger charge is -2.36. The van der Waals surface area contributed by atoms with Gasteiger partial charge in [-0.3, -0.25) is 4.90 Å². The molecule has 2 aromatic rings. The van der Waals surface area contributed by atoms with E-state index < -0.39 is 0 Å². The number of rotatable bonds is 3. The quantitative estimate of drug-likeness (QED) is 0.830. The third-order valence-corrected chi connectivity index (χ3v) is 3.72. The van der Waals surface area contributed by atoms with Crippen LogP contribution in [0.5, 0.6) is 0 Å². The van der Waals surface area contributed by atoms with Gasteiger partial charge in [-0.1, -0.05) is 5.16 Å². The molecule has 5 nitrogen and oxygen atoms in total. The highest BCUT2D eigenvalue weighted by molar-refractivity contribution is 7.09. The highest BCUT2D eigenvalue weighted by Crippen LogP contribution is 2.27. The summed E-state index contributed by atoms with van der Waals surface area (Å²) in [5.74, 6) is 1.89. The van der Waals surface area contributed by atoms with Gasteiger partial charge in [-0.05, 0) is 13.8 Å². The first-order valence-corrected chi connectivity index (χ1v) is 6.52. The highest BCUT2D eigenvalue weighted by Gasteiger charge is 2.32. The monoisotopic (exact) mass is 250 g/mol. The zero-order valence-corrected chi connectivity index (χ0v) is 10.7. The lowest BCUT2D eigenvalue weighted by atomic mass is 10.00. The van der Waals surface area contributed by atoms with Crippen LogP contribution in [0.2, 0.25) is 0 Å². The van der Waals surface area contributed by atoms with Gasteiger partial charge in [0.1, 0.15) is 0 Å². The molecular weight excluding hydrogens is 236 g/mol. The maximum Gasteiger partial charge on any atom is 0.232 e. The second kappa shape index (κ2) is 4.19. The van der Waals surface area contributed by atoms with Crippen molar-refractivity contribution in [3.63, 3.8) is 0 Å². The van der Waals surface area contributed by atoms with E-state index in [1.807, 2.05) is 13.8 Å². The van der Waals surface area contributed by atoms with E-state index in [2.05, 4.69) is 25.4 Å². The average molecular weight is 250 g/mol. The standard InChI is InChI=1S/C11H14N4OS/c1-7-12-11(16-14-7)9-3-15(4-9)5-10-6-17-8(2)13-10/h6,9H,3-5H2,1-2H3. The fourth-order valence-electron chi connectivity index (χ4n) is 2.04. The summed E-state index contributed by atoms with van der Waals surface area (Å²) in [6.07, 6.45) is 0. The molecule has 0 N–H and O–H groups in total. The molecule has 3 heterocycles. The van der Waals surface area contributed by atoms with Crippen LogP contribution in [0.3, 0.4) is 0 Å². The van der Waals surface area contributed by atoms with Gasteiger partial charge in [0.05, 0.1) is 16.6 Å². The molecule has 1 aliphatic heterocycles. The molecule has 90 valence electrons. The number of thiazole rings is 1. The smallest absolute Gasteiger partial charge is 0.232 e. The van der Waals surface area contributed by atoms with E-state index in [9.17, 15) is 0 Å². The van der Waals surface area contributed by atoms with Crippen LogP contribution >= 0.6 is 11.3 Å². The van der Waals surface area contributed by atoms with Gasteiger partial charge < -0.3 is 4.52 Å². The van der Waals surface area contributed by atoms with Crippen LogP contribution in [-0.2, 0) is 6.54 Å². The lowest BCUT2D eigenvalue weighted by Crippen LogP contribution is -2.44. The van der Waals surface area contributed by atoms with Crippen LogP contribution in [0.15, 0.2) is 9.90 Å². The van der Waals surface area contributed by atoms with Crippen LogP contribution < -0.4 is 0 Å². The fraction of sp³-hybridized carbons (Fsp3) is 0.545.